The van der Waals surface area contributed by atoms with E-state index in [2.05, 4.69) is 20.4 Å². The fourth-order valence-corrected chi connectivity index (χ4v) is 5.42. The minimum atomic E-state index is 0.309. The first-order valence-electron chi connectivity index (χ1n) is 6.82. The lowest BCUT2D eigenvalue weighted by Crippen LogP contribution is -2.44. The molecule has 0 radical (unpaired) electrons. The highest BCUT2D eigenvalue weighted by Gasteiger charge is 2.62. The highest BCUT2D eigenvalue weighted by Crippen LogP contribution is 2.70. The van der Waals surface area contributed by atoms with E-state index in [0.29, 0.717) is 23.4 Å². The highest BCUT2D eigenvalue weighted by atomic mass is 16.3. The third-order valence-electron chi connectivity index (χ3n) is 6.31. The van der Waals surface area contributed by atoms with Crippen LogP contribution in [0, 0.1) is 28.6 Å². The molecule has 16 heavy (non-hydrogen) atoms. The summed E-state index contributed by atoms with van der Waals surface area (Å²) >= 11 is 0. The second-order valence-corrected chi connectivity index (χ2v) is 6.93. The molecule has 0 aromatic rings. The van der Waals surface area contributed by atoms with Crippen molar-refractivity contribution in [1.82, 2.24) is 0 Å². The standard InChI is InChI=1S/C15H24O/c1-10-11-6-7-15(8-11)12(9-16)4-5-13(15)14(10,2)3/h11-13,16H,1,4-9H2,2-3H3/t11-,12-,13-,15-/m1/s1. The maximum absolute atomic E-state index is 9.63. The van der Waals surface area contributed by atoms with Gasteiger partial charge in [-0.05, 0) is 60.7 Å². The smallest absolute Gasteiger partial charge is 0.0464 e. The summed E-state index contributed by atoms with van der Waals surface area (Å²) in [5, 5.41) is 9.63. The van der Waals surface area contributed by atoms with Gasteiger partial charge in [0, 0.05) is 6.61 Å². The first-order chi connectivity index (χ1) is 7.52. The number of aliphatic hydroxyl groups is 1. The van der Waals surface area contributed by atoms with E-state index in [4.69, 9.17) is 0 Å². The van der Waals surface area contributed by atoms with Crippen LogP contribution in [0.15, 0.2) is 12.2 Å². The summed E-state index contributed by atoms with van der Waals surface area (Å²) in [6.07, 6.45) is 6.55. The normalized spacial score (nSPS) is 49.4. The second kappa shape index (κ2) is 3.13. The molecular formula is C15H24O. The minimum Gasteiger partial charge on any atom is -0.396 e. The van der Waals surface area contributed by atoms with E-state index in [1.807, 2.05) is 0 Å². The molecule has 4 atom stereocenters. The van der Waals surface area contributed by atoms with Crippen molar-refractivity contribution in [1.29, 1.82) is 0 Å². The molecular weight excluding hydrogens is 196 g/mol. The number of rotatable bonds is 1. The summed E-state index contributed by atoms with van der Waals surface area (Å²) in [6, 6.07) is 0. The molecule has 0 heterocycles. The Hall–Kier alpha value is -0.300. The van der Waals surface area contributed by atoms with Gasteiger partial charge in [0.1, 0.15) is 0 Å². The van der Waals surface area contributed by atoms with Gasteiger partial charge in [0.2, 0.25) is 0 Å². The lowest BCUT2D eigenvalue weighted by molar-refractivity contribution is 0.0162. The molecule has 3 rings (SSSR count). The highest BCUT2D eigenvalue weighted by molar-refractivity contribution is 5.26. The van der Waals surface area contributed by atoms with Crippen LogP contribution in [-0.4, -0.2) is 11.7 Å². The quantitative estimate of drug-likeness (QED) is 0.672. The maximum Gasteiger partial charge on any atom is 0.0464 e. The number of hydrogen-bond donors (Lipinski definition) is 1. The van der Waals surface area contributed by atoms with Crippen molar-refractivity contribution in [3.05, 3.63) is 12.2 Å². The average Bonchev–Trinajstić information content (AvgIpc) is 2.81. The summed E-state index contributed by atoms with van der Waals surface area (Å²) in [5.41, 5.74) is 2.29. The first-order valence-corrected chi connectivity index (χ1v) is 6.82. The van der Waals surface area contributed by atoms with Crippen LogP contribution < -0.4 is 0 Å². The van der Waals surface area contributed by atoms with E-state index in [9.17, 15) is 5.11 Å². The predicted molar refractivity (Wildman–Crippen MR) is 66.0 cm³/mol. The van der Waals surface area contributed by atoms with Crippen LogP contribution in [0.5, 0.6) is 0 Å². The molecule has 1 nitrogen and oxygen atoms in total. The number of aliphatic hydroxyl groups excluding tert-OH is 1. The first kappa shape index (κ1) is 10.8. The number of fused-ring (bicyclic) bond motifs is 1. The van der Waals surface area contributed by atoms with Crippen LogP contribution in [0.2, 0.25) is 0 Å². The number of allylic oxidation sites excluding steroid dienone is 1. The Morgan fingerprint density at radius 3 is 2.75 bits per heavy atom. The van der Waals surface area contributed by atoms with Crippen molar-refractivity contribution in [2.75, 3.05) is 6.61 Å². The molecule has 90 valence electrons. The third kappa shape index (κ3) is 1.06. The minimum absolute atomic E-state index is 0.309. The predicted octanol–water partition coefficient (Wildman–Crippen LogP) is 3.39. The summed E-state index contributed by atoms with van der Waals surface area (Å²) < 4.78 is 0. The molecule has 0 aromatic heterocycles. The Kier molecular flexibility index (Phi) is 2.12. The van der Waals surface area contributed by atoms with Gasteiger partial charge >= 0.3 is 0 Å². The van der Waals surface area contributed by atoms with Crippen LogP contribution in [0.1, 0.15) is 46.0 Å². The van der Waals surface area contributed by atoms with E-state index in [0.717, 1.165) is 11.8 Å². The molecule has 0 amide bonds. The zero-order valence-corrected chi connectivity index (χ0v) is 10.6. The van der Waals surface area contributed by atoms with Crippen molar-refractivity contribution < 1.29 is 5.11 Å². The zero-order valence-electron chi connectivity index (χ0n) is 10.6. The Balaban J connectivity index is 2.05. The topological polar surface area (TPSA) is 20.2 Å². The molecule has 3 saturated carbocycles. The Bertz CT molecular complexity index is 330. The fourth-order valence-electron chi connectivity index (χ4n) is 5.42. The SMILES string of the molecule is C=C1[C@@H]2CC[C@@]3(C2)[C@@H](CO)CC[C@@H]3C1(C)C. The van der Waals surface area contributed by atoms with Gasteiger partial charge in [-0.15, -0.1) is 0 Å². The van der Waals surface area contributed by atoms with Crippen molar-refractivity contribution in [2.45, 2.75) is 46.0 Å². The lowest BCUT2D eigenvalue weighted by atomic mass is 9.54. The van der Waals surface area contributed by atoms with Crippen molar-refractivity contribution in [3.8, 4) is 0 Å². The Morgan fingerprint density at radius 1 is 1.31 bits per heavy atom. The molecule has 0 aromatic carbocycles. The largest absolute Gasteiger partial charge is 0.396 e. The van der Waals surface area contributed by atoms with Gasteiger partial charge < -0.3 is 5.11 Å². The number of hydrogen-bond acceptors (Lipinski definition) is 1. The maximum atomic E-state index is 9.63. The van der Waals surface area contributed by atoms with Gasteiger partial charge in [0.25, 0.3) is 0 Å². The molecule has 1 spiro atoms. The van der Waals surface area contributed by atoms with Gasteiger partial charge in [-0.25, -0.2) is 0 Å². The van der Waals surface area contributed by atoms with Gasteiger partial charge in [0.05, 0.1) is 0 Å². The molecule has 0 aliphatic heterocycles. The van der Waals surface area contributed by atoms with E-state index < -0.39 is 0 Å². The van der Waals surface area contributed by atoms with Crippen LogP contribution in [0.25, 0.3) is 0 Å². The summed E-state index contributed by atoms with van der Waals surface area (Å²) in [7, 11) is 0. The van der Waals surface area contributed by atoms with Gasteiger partial charge in [-0.1, -0.05) is 26.0 Å². The van der Waals surface area contributed by atoms with E-state index in [1.165, 1.54) is 37.7 Å². The van der Waals surface area contributed by atoms with Gasteiger partial charge in [-0.3, -0.25) is 0 Å². The molecule has 1 N–H and O–H groups in total. The van der Waals surface area contributed by atoms with Crippen LogP contribution >= 0.6 is 0 Å². The Labute approximate surface area is 98.9 Å². The van der Waals surface area contributed by atoms with E-state index in [1.54, 1.807) is 0 Å². The summed E-state index contributed by atoms with van der Waals surface area (Å²) in [4.78, 5) is 0. The van der Waals surface area contributed by atoms with Crippen LogP contribution in [0.4, 0.5) is 0 Å². The summed E-state index contributed by atoms with van der Waals surface area (Å²) in [6.45, 7) is 9.59. The van der Waals surface area contributed by atoms with Gasteiger partial charge in [0.15, 0.2) is 0 Å². The lowest BCUT2D eigenvalue weighted by Gasteiger charge is -2.50. The monoisotopic (exact) mass is 220 g/mol. The molecule has 3 aliphatic carbocycles. The van der Waals surface area contributed by atoms with Crippen molar-refractivity contribution in [2.24, 2.45) is 28.6 Å². The molecule has 3 aliphatic rings. The van der Waals surface area contributed by atoms with Crippen molar-refractivity contribution >= 4 is 0 Å². The van der Waals surface area contributed by atoms with E-state index in [-0.39, 0.29) is 0 Å². The zero-order chi connectivity index (χ0) is 11.6. The van der Waals surface area contributed by atoms with E-state index >= 15 is 0 Å². The fraction of sp³-hybridized carbons (Fsp3) is 0.867. The second-order valence-electron chi connectivity index (χ2n) is 6.93. The summed E-state index contributed by atoms with van der Waals surface area (Å²) in [5.74, 6) is 2.11. The van der Waals surface area contributed by atoms with Crippen LogP contribution in [0.3, 0.4) is 0 Å². The average molecular weight is 220 g/mol. The molecule has 2 bridgehead atoms. The molecule has 1 heteroatoms. The molecule has 0 unspecified atom stereocenters. The van der Waals surface area contributed by atoms with Crippen molar-refractivity contribution in [3.63, 3.8) is 0 Å². The van der Waals surface area contributed by atoms with Gasteiger partial charge in [-0.2, -0.15) is 0 Å². The molecule has 0 saturated heterocycles. The van der Waals surface area contributed by atoms with Crippen LogP contribution in [-0.2, 0) is 0 Å². The third-order valence-corrected chi connectivity index (χ3v) is 6.31. The Morgan fingerprint density at radius 2 is 2.06 bits per heavy atom. The molecule has 3 fully saturated rings.